The molecular weight excluding hydrogens is 165 g/mol. The Kier molecular flexibility index (Phi) is 3.31. The van der Waals surface area contributed by atoms with E-state index < -0.39 is 0 Å². The van der Waals surface area contributed by atoms with E-state index >= 15 is 0 Å². The molecule has 1 fully saturated rings. The molecule has 1 rings (SSSR count). The molecule has 4 unspecified atom stereocenters. The molecule has 0 aromatic heterocycles. The van der Waals surface area contributed by atoms with Crippen molar-refractivity contribution in [2.75, 3.05) is 14.1 Å². The molecule has 4 atom stereocenters. The Morgan fingerprint density at radius 3 is 2.42 bits per heavy atom. The van der Waals surface area contributed by atoms with Crippen molar-refractivity contribution in [2.24, 2.45) is 5.92 Å². The molecule has 1 heterocycles. The molecule has 0 aliphatic carbocycles. The van der Waals surface area contributed by atoms with Crippen LogP contribution in [-0.2, 0) is 0 Å². The van der Waals surface area contributed by atoms with Gasteiger partial charge in [-0.15, -0.1) is 0 Å². The van der Waals surface area contributed by atoms with E-state index in [2.05, 4.69) is 39.4 Å². The molecule has 2 heteroatoms. The highest BCUT2D eigenvalue weighted by Crippen LogP contribution is 2.43. The molecule has 70 valence electrons. The zero-order chi connectivity index (χ0) is 9.30. The van der Waals surface area contributed by atoms with Crippen molar-refractivity contribution >= 4 is 8.58 Å². The van der Waals surface area contributed by atoms with Crippen LogP contribution in [0.15, 0.2) is 12.2 Å². The zero-order valence-electron chi connectivity index (χ0n) is 8.59. The fraction of sp³-hybridized carbons (Fsp3) is 0.800. The Morgan fingerprint density at radius 2 is 2.00 bits per heavy atom. The van der Waals surface area contributed by atoms with E-state index in [0.29, 0.717) is 5.92 Å². The lowest BCUT2D eigenvalue weighted by Crippen LogP contribution is -2.32. The zero-order valence-corrected chi connectivity index (χ0v) is 9.59. The van der Waals surface area contributed by atoms with Gasteiger partial charge in [-0.2, -0.15) is 0 Å². The van der Waals surface area contributed by atoms with Gasteiger partial charge in [0.25, 0.3) is 0 Å². The van der Waals surface area contributed by atoms with Crippen molar-refractivity contribution < 1.29 is 0 Å². The Bertz CT molecular complexity index is 163. The number of allylic oxidation sites excluding steroid dienone is 1. The predicted molar refractivity (Wildman–Crippen MR) is 58.2 cm³/mol. The number of hydrogen-bond donors (Lipinski definition) is 0. The molecule has 1 aliphatic rings. The normalized spacial score (nSPS) is 39.4. The second-order valence-electron chi connectivity index (χ2n) is 4.08. The van der Waals surface area contributed by atoms with Gasteiger partial charge in [0, 0.05) is 5.78 Å². The van der Waals surface area contributed by atoms with Crippen LogP contribution in [0.2, 0.25) is 0 Å². The van der Waals surface area contributed by atoms with E-state index in [1.807, 2.05) is 0 Å². The monoisotopic (exact) mass is 185 g/mol. The second kappa shape index (κ2) is 3.89. The minimum absolute atomic E-state index is 0.716. The molecule has 0 saturated carbocycles. The van der Waals surface area contributed by atoms with Crippen LogP contribution in [0.25, 0.3) is 0 Å². The quantitative estimate of drug-likeness (QED) is 0.448. The van der Waals surface area contributed by atoms with Crippen molar-refractivity contribution in [3.05, 3.63) is 12.2 Å². The van der Waals surface area contributed by atoms with Crippen LogP contribution in [0.5, 0.6) is 0 Å². The van der Waals surface area contributed by atoms with E-state index in [1.165, 1.54) is 12.0 Å². The predicted octanol–water partition coefficient (Wildman–Crippen LogP) is 2.54. The first kappa shape index (κ1) is 10.2. The van der Waals surface area contributed by atoms with Gasteiger partial charge in [-0.25, -0.2) is 0 Å². The first-order valence-corrected chi connectivity index (χ1v) is 5.79. The molecule has 0 bridgehead atoms. The number of nitrogens with zero attached hydrogens (tertiary/aromatic N) is 1. The maximum atomic E-state index is 4.16. The summed E-state index contributed by atoms with van der Waals surface area (Å²) in [5.41, 5.74) is 2.20. The maximum Gasteiger partial charge on any atom is 0.0273 e. The van der Waals surface area contributed by atoms with Gasteiger partial charge in [-0.1, -0.05) is 34.6 Å². The summed E-state index contributed by atoms with van der Waals surface area (Å²) in [6.45, 7) is 8.78. The van der Waals surface area contributed by atoms with Gasteiger partial charge < -0.3 is 4.90 Å². The average Bonchev–Trinajstić information content (AvgIpc) is 1.99. The summed E-state index contributed by atoms with van der Waals surface area (Å²) in [7, 11) is 5.41. The second-order valence-corrected chi connectivity index (χ2v) is 5.95. The summed E-state index contributed by atoms with van der Waals surface area (Å²) >= 11 is 0. The first-order valence-electron chi connectivity index (χ1n) is 4.63. The summed E-state index contributed by atoms with van der Waals surface area (Å²) in [4.78, 5) is 2.36. The van der Waals surface area contributed by atoms with Crippen LogP contribution in [-0.4, -0.2) is 30.4 Å². The summed E-state index contributed by atoms with van der Waals surface area (Å²) in [5.74, 6) is 1.51. The molecule has 1 nitrogen and oxygen atoms in total. The van der Waals surface area contributed by atoms with Gasteiger partial charge in [0.1, 0.15) is 0 Å². The topological polar surface area (TPSA) is 3.24 Å². The Labute approximate surface area is 78.0 Å². The largest absolute Gasteiger partial charge is 0.303 e. The molecule has 1 aliphatic heterocycles. The summed E-state index contributed by atoms with van der Waals surface area (Å²) in [6.07, 6.45) is 1.30. The van der Waals surface area contributed by atoms with Crippen LogP contribution in [0.4, 0.5) is 0 Å². The van der Waals surface area contributed by atoms with Crippen molar-refractivity contribution in [3.8, 4) is 0 Å². The minimum Gasteiger partial charge on any atom is -0.303 e. The molecule has 1 saturated heterocycles. The van der Waals surface area contributed by atoms with Crippen LogP contribution < -0.4 is 0 Å². The van der Waals surface area contributed by atoms with Crippen molar-refractivity contribution in [1.29, 1.82) is 0 Å². The van der Waals surface area contributed by atoms with Gasteiger partial charge >= 0.3 is 0 Å². The first-order chi connectivity index (χ1) is 5.52. The summed E-state index contributed by atoms with van der Waals surface area (Å²) in [5, 5.41) is 0. The molecular formula is C10H20NP. The van der Waals surface area contributed by atoms with E-state index in [9.17, 15) is 0 Å². The molecule has 0 aromatic carbocycles. The highest BCUT2D eigenvalue weighted by molar-refractivity contribution is 7.40. The fourth-order valence-electron chi connectivity index (χ4n) is 1.74. The van der Waals surface area contributed by atoms with Crippen molar-refractivity contribution in [1.82, 2.24) is 4.90 Å². The van der Waals surface area contributed by atoms with Gasteiger partial charge in [-0.05, 0) is 32.1 Å². The van der Waals surface area contributed by atoms with Gasteiger partial charge in [0.2, 0.25) is 0 Å². The Balaban J connectivity index is 2.59. The number of rotatable bonds is 1. The standard InChI is InChI=1S/C10H20NP/c1-7-6-10(11(4)5)12-9(3)8(7)2/h7,9-10,12H,2,6H2,1,3-5H3. The summed E-state index contributed by atoms with van der Waals surface area (Å²) in [6, 6.07) is 0. The third kappa shape index (κ3) is 2.08. The lowest BCUT2D eigenvalue weighted by Gasteiger charge is -2.37. The molecule has 12 heavy (non-hydrogen) atoms. The van der Waals surface area contributed by atoms with E-state index in [0.717, 1.165) is 20.0 Å². The maximum absolute atomic E-state index is 4.16. The van der Waals surface area contributed by atoms with Crippen LogP contribution in [0, 0.1) is 5.92 Å². The molecule has 0 amide bonds. The average molecular weight is 185 g/mol. The van der Waals surface area contributed by atoms with Gasteiger partial charge in [0.05, 0.1) is 0 Å². The van der Waals surface area contributed by atoms with Crippen LogP contribution >= 0.6 is 8.58 Å². The Morgan fingerprint density at radius 1 is 1.42 bits per heavy atom. The molecule has 0 radical (unpaired) electrons. The van der Waals surface area contributed by atoms with Crippen LogP contribution in [0.3, 0.4) is 0 Å². The number of hydrogen-bond acceptors (Lipinski definition) is 1. The lowest BCUT2D eigenvalue weighted by atomic mass is 9.96. The highest BCUT2D eigenvalue weighted by Gasteiger charge is 2.27. The summed E-state index contributed by atoms with van der Waals surface area (Å²) < 4.78 is 0. The van der Waals surface area contributed by atoms with Crippen molar-refractivity contribution in [2.45, 2.75) is 31.7 Å². The van der Waals surface area contributed by atoms with E-state index in [-0.39, 0.29) is 0 Å². The third-order valence-electron chi connectivity index (χ3n) is 2.83. The van der Waals surface area contributed by atoms with E-state index in [4.69, 9.17) is 0 Å². The van der Waals surface area contributed by atoms with Crippen molar-refractivity contribution in [3.63, 3.8) is 0 Å². The fourth-order valence-corrected chi connectivity index (χ4v) is 3.60. The van der Waals surface area contributed by atoms with Crippen LogP contribution in [0.1, 0.15) is 20.3 Å². The van der Waals surface area contributed by atoms with Gasteiger partial charge in [-0.3, -0.25) is 0 Å². The SMILES string of the molecule is C=C1C(C)CC(N(C)C)PC1C. The van der Waals surface area contributed by atoms with E-state index in [1.54, 1.807) is 0 Å². The third-order valence-corrected chi connectivity index (χ3v) is 4.84. The Hall–Kier alpha value is 0.130. The minimum atomic E-state index is 0.716. The molecule has 0 aromatic rings. The molecule has 0 N–H and O–H groups in total. The smallest absolute Gasteiger partial charge is 0.0273 e. The molecule has 0 spiro atoms. The highest BCUT2D eigenvalue weighted by atomic mass is 31.1. The van der Waals surface area contributed by atoms with Gasteiger partial charge in [0.15, 0.2) is 0 Å². The lowest BCUT2D eigenvalue weighted by molar-refractivity contribution is 0.330.